The molecule has 132 valence electrons. The topological polar surface area (TPSA) is 24.5 Å². The third kappa shape index (κ3) is 5.25. The van der Waals surface area contributed by atoms with Crippen LogP contribution in [-0.2, 0) is 6.42 Å². The lowest BCUT2D eigenvalue weighted by molar-refractivity contribution is 0.162. The fourth-order valence-corrected chi connectivity index (χ4v) is 3.56. The molecule has 3 rings (SSSR count). The number of hydrogen-bond acceptors (Lipinski definition) is 3. The Hall–Kier alpha value is -0.480. The summed E-state index contributed by atoms with van der Waals surface area (Å²) in [5, 5.41) is 3.47. The molecule has 0 aliphatic carbocycles. The van der Waals surface area contributed by atoms with Gasteiger partial charge in [-0.2, -0.15) is 0 Å². The van der Waals surface area contributed by atoms with Gasteiger partial charge in [0.2, 0.25) is 0 Å². The van der Waals surface area contributed by atoms with Crippen LogP contribution in [0, 0.1) is 0 Å². The Bertz CT molecular complexity index is 464. The maximum absolute atomic E-state index is 5.65. The molecule has 1 fully saturated rings. The highest BCUT2D eigenvalue weighted by molar-refractivity contribution is 5.85. The van der Waals surface area contributed by atoms with Crippen molar-refractivity contribution in [1.82, 2.24) is 10.2 Å². The van der Waals surface area contributed by atoms with Gasteiger partial charge in [-0.05, 0) is 23.6 Å². The zero-order valence-corrected chi connectivity index (χ0v) is 15.7. The molecule has 5 heteroatoms. The maximum atomic E-state index is 5.65. The summed E-state index contributed by atoms with van der Waals surface area (Å²) in [6.45, 7) is 7.73. The zero-order chi connectivity index (χ0) is 14.5. The van der Waals surface area contributed by atoms with E-state index in [0.717, 1.165) is 31.9 Å². The molecular formula is C18H30Cl2N2O. The molecule has 0 unspecified atom stereocenters. The molecule has 0 aromatic heterocycles. The number of piperazine rings is 1. The second-order valence-corrected chi connectivity index (χ2v) is 6.26. The van der Waals surface area contributed by atoms with Crippen molar-refractivity contribution in [2.45, 2.75) is 45.1 Å². The predicted octanol–water partition coefficient (Wildman–Crippen LogP) is 3.99. The number of nitrogens with one attached hydrogen (secondary N) is 1. The smallest absolute Gasteiger partial charge is 0.122 e. The Morgan fingerprint density at radius 1 is 1.17 bits per heavy atom. The Morgan fingerprint density at radius 2 is 1.96 bits per heavy atom. The Kier molecular flexibility index (Phi) is 9.30. The van der Waals surface area contributed by atoms with Gasteiger partial charge in [0.1, 0.15) is 5.75 Å². The van der Waals surface area contributed by atoms with E-state index < -0.39 is 0 Å². The normalized spacial score (nSPS) is 18.3. The fraction of sp³-hybridized carbons (Fsp3) is 0.667. The number of rotatable bonds is 6. The summed E-state index contributed by atoms with van der Waals surface area (Å²) in [7, 11) is 0. The first kappa shape index (κ1) is 20.6. The van der Waals surface area contributed by atoms with Gasteiger partial charge in [0.05, 0.1) is 6.61 Å². The van der Waals surface area contributed by atoms with Crippen LogP contribution in [0.3, 0.4) is 0 Å². The van der Waals surface area contributed by atoms with E-state index in [1.807, 2.05) is 0 Å². The van der Waals surface area contributed by atoms with E-state index >= 15 is 0 Å². The van der Waals surface area contributed by atoms with Crippen LogP contribution in [0.1, 0.15) is 49.8 Å². The van der Waals surface area contributed by atoms with Crippen LogP contribution < -0.4 is 10.1 Å². The van der Waals surface area contributed by atoms with Crippen molar-refractivity contribution in [1.29, 1.82) is 0 Å². The number of ether oxygens (including phenoxy) is 1. The Morgan fingerprint density at radius 3 is 2.70 bits per heavy atom. The summed E-state index contributed by atoms with van der Waals surface area (Å²) in [4.78, 5) is 2.67. The SMILES string of the molecule is CCCCC[C@@H](c1ccc2c(c1)CCO2)N1CCNCC1.Cl.Cl. The molecule has 0 spiro atoms. The first-order chi connectivity index (χ1) is 10.4. The number of hydrogen-bond donors (Lipinski definition) is 1. The fourth-order valence-electron chi connectivity index (χ4n) is 3.56. The van der Waals surface area contributed by atoms with E-state index in [-0.39, 0.29) is 24.8 Å². The standard InChI is InChI=1S/C18H28N2O.2ClH/c1-2-3-4-5-17(20-11-9-19-10-12-20)15-6-7-18-16(14-15)8-13-21-18;;/h6-7,14,17,19H,2-5,8-13H2,1H3;2*1H/t17-;;/m0../s1. The maximum Gasteiger partial charge on any atom is 0.122 e. The van der Waals surface area contributed by atoms with Gasteiger partial charge in [-0.15, -0.1) is 24.8 Å². The average Bonchev–Trinajstić information content (AvgIpc) is 3.00. The predicted molar refractivity (Wildman–Crippen MR) is 101 cm³/mol. The summed E-state index contributed by atoms with van der Waals surface area (Å²) in [5.74, 6) is 1.10. The molecule has 2 aliphatic heterocycles. The Balaban J connectivity index is 0.00000132. The van der Waals surface area contributed by atoms with Gasteiger partial charge in [-0.3, -0.25) is 4.90 Å². The minimum Gasteiger partial charge on any atom is -0.493 e. The van der Waals surface area contributed by atoms with Crippen molar-refractivity contribution in [2.75, 3.05) is 32.8 Å². The van der Waals surface area contributed by atoms with Gasteiger partial charge in [-0.1, -0.05) is 38.3 Å². The number of benzene rings is 1. The van der Waals surface area contributed by atoms with Crippen molar-refractivity contribution in [3.63, 3.8) is 0 Å². The second-order valence-electron chi connectivity index (χ2n) is 6.26. The quantitative estimate of drug-likeness (QED) is 0.776. The number of unbranched alkanes of at least 4 members (excludes halogenated alkanes) is 2. The number of nitrogens with zero attached hydrogens (tertiary/aromatic N) is 1. The third-order valence-electron chi connectivity index (χ3n) is 4.77. The van der Waals surface area contributed by atoms with E-state index in [4.69, 9.17) is 4.74 Å². The van der Waals surface area contributed by atoms with Crippen LogP contribution in [0.15, 0.2) is 18.2 Å². The molecule has 1 aromatic carbocycles. The van der Waals surface area contributed by atoms with Crippen molar-refractivity contribution in [2.24, 2.45) is 0 Å². The summed E-state index contributed by atoms with van der Waals surface area (Å²) in [6.07, 6.45) is 6.33. The first-order valence-corrected chi connectivity index (χ1v) is 8.59. The molecule has 3 nitrogen and oxygen atoms in total. The summed E-state index contributed by atoms with van der Waals surface area (Å²) < 4.78 is 5.65. The number of halogens is 2. The highest BCUT2D eigenvalue weighted by atomic mass is 35.5. The number of fused-ring (bicyclic) bond motifs is 1. The van der Waals surface area contributed by atoms with E-state index in [1.54, 1.807) is 0 Å². The lowest BCUT2D eigenvalue weighted by Crippen LogP contribution is -2.45. The van der Waals surface area contributed by atoms with Gasteiger partial charge in [0.15, 0.2) is 0 Å². The molecule has 1 N–H and O–H groups in total. The summed E-state index contributed by atoms with van der Waals surface area (Å²) in [5.41, 5.74) is 2.90. The van der Waals surface area contributed by atoms with Gasteiger partial charge >= 0.3 is 0 Å². The van der Waals surface area contributed by atoms with Crippen LogP contribution in [0.4, 0.5) is 0 Å². The molecule has 2 heterocycles. The minimum absolute atomic E-state index is 0. The van der Waals surface area contributed by atoms with Crippen LogP contribution >= 0.6 is 24.8 Å². The van der Waals surface area contributed by atoms with Crippen molar-refractivity contribution >= 4 is 24.8 Å². The molecule has 1 aromatic rings. The van der Waals surface area contributed by atoms with Gasteiger partial charge in [0, 0.05) is 38.6 Å². The summed E-state index contributed by atoms with van der Waals surface area (Å²) >= 11 is 0. The third-order valence-corrected chi connectivity index (χ3v) is 4.77. The lowest BCUT2D eigenvalue weighted by Gasteiger charge is -2.35. The summed E-state index contributed by atoms with van der Waals surface area (Å²) in [6, 6.07) is 7.47. The average molecular weight is 361 g/mol. The molecule has 1 saturated heterocycles. The van der Waals surface area contributed by atoms with Crippen LogP contribution in [0.5, 0.6) is 5.75 Å². The molecule has 1 atom stereocenters. The highest BCUT2D eigenvalue weighted by Crippen LogP contribution is 2.32. The molecule has 0 radical (unpaired) electrons. The van der Waals surface area contributed by atoms with Crippen molar-refractivity contribution in [3.05, 3.63) is 29.3 Å². The highest BCUT2D eigenvalue weighted by Gasteiger charge is 2.23. The van der Waals surface area contributed by atoms with E-state index in [0.29, 0.717) is 6.04 Å². The molecule has 2 aliphatic rings. The monoisotopic (exact) mass is 360 g/mol. The van der Waals surface area contributed by atoms with E-state index in [2.05, 4.69) is 35.3 Å². The molecule has 0 saturated carbocycles. The van der Waals surface area contributed by atoms with Crippen LogP contribution in [0.25, 0.3) is 0 Å². The Labute approximate surface area is 153 Å². The van der Waals surface area contributed by atoms with Crippen LogP contribution in [-0.4, -0.2) is 37.7 Å². The largest absolute Gasteiger partial charge is 0.493 e. The minimum atomic E-state index is 0. The van der Waals surface area contributed by atoms with Crippen molar-refractivity contribution in [3.8, 4) is 5.75 Å². The molecule has 0 bridgehead atoms. The second kappa shape index (κ2) is 10.4. The van der Waals surface area contributed by atoms with Gasteiger partial charge in [0.25, 0.3) is 0 Å². The van der Waals surface area contributed by atoms with Crippen LogP contribution in [0.2, 0.25) is 0 Å². The molecular weight excluding hydrogens is 331 g/mol. The van der Waals surface area contributed by atoms with Crippen molar-refractivity contribution < 1.29 is 4.74 Å². The lowest BCUT2D eigenvalue weighted by atomic mass is 9.96. The van der Waals surface area contributed by atoms with Gasteiger partial charge in [-0.25, -0.2) is 0 Å². The zero-order valence-electron chi connectivity index (χ0n) is 14.1. The molecule has 23 heavy (non-hydrogen) atoms. The van der Waals surface area contributed by atoms with Gasteiger partial charge < -0.3 is 10.1 Å². The first-order valence-electron chi connectivity index (χ1n) is 8.59. The van der Waals surface area contributed by atoms with E-state index in [1.165, 1.54) is 49.9 Å². The molecule has 0 amide bonds. The van der Waals surface area contributed by atoms with E-state index in [9.17, 15) is 0 Å².